The Morgan fingerprint density at radius 1 is 1.58 bits per heavy atom. The van der Waals surface area contributed by atoms with E-state index < -0.39 is 5.91 Å². The molecule has 70 valence electrons. The Hall–Kier alpha value is -0.920. The van der Waals surface area contributed by atoms with Crippen LogP contribution in [0.5, 0.6) is 0 Å². The summed E-state index contributed by atoms with van der Waals surface area (Å²) in [7, 11) is 0. The van der Waals surface area contributed by atoms with E-state index in [1.54, 1.807) is 0 Å². The summed E-state index contributed by atoms with van der Waals surface area (Å²) in [6.45, 7) is 0.371. The molecule has 0 saturated carbocycles. The van der Waals surface area contributed by atoms with E-state index in [9.17, 15) is 4.79 Å². The van der Waals surface area contributed by atoms with Crippen molar-refractivity contribution >= 4 is 23.2 Å². The second-order valence-corrected chi connectivity index (χ2v) is 2.33. The molecule has 0 radical (unpaired) electrons. The van der Waals surface area contributed by atoms with Crippen molar-refractivity contribution in [2.75, 3.05) is 19.7 Å². The van der Waals surface area contributed by atoms with Crippen LogP contribution in [0.2, 0.25) is 0 Å². The molecule has 0 aliphatic rings. The van der Waals surface area contributed by atoms with E-state index in [1.165, 1.54) is 0 Å². The molecule has 0 aliphatic carbocycles. The fraction of sp³-hybridized carbons (Fsp3) is 0.600. The molecule has 0 heterocycles. The molecule has 6 nitrogen and oxygen atoms in total. The van der Waals surface area contributed by atoms with E-state index in [4.69, 9.17) is 23.1 Å². The Labute approximate surface area is 75.5 Å². The highest BCUT2D eigenvalue weighted by atomic mass is 32.1. The summed E-state index contributed by atoms with van der Waals surface area (Å²) in [5.74, 6) is -0.485. The average Bonchev–Trinajstić information content (AvgIpc) is 2.01. The zero-order valence-corrected chi connectivity index (χ0v) is 7.28. The predicted octanol–water partition coefficient (Wildman–Crippen LogP) is -2.57. The minimum atomic E-state index is -0.485. The molecule has 0 atom stereocenters. The third-order valence-corrected chi connectivity index (χ3v) is 1.11. The third kappa shape index (κ3) is 7.19. The van der Waals surface area contributed by atoms with Crippen molar-refractivity contribution < 1.29 is 9.90 Å². The lowest BCUT2D eigenvalue weighted by atomic mass is 10.6. The fourth-order valence-electron chi connectivity index (χ4n) is 0.410. The van der Waals surface area contributed by atoms with Gasteiger partial charge in [0.15, 0.2) is 5.11 Å². The first-order valence-corrected chi connectivity index (χ1v) is 3.73. The number of aliphatic hydroxyl groups excluding tert-OH is 1. The molecule has 0 fully saturated rings. The van der Waals surface area contributed by atoms with Crippen LogP contribution >= 0.6 is 12.2 Å². The summed E-state index contributed by atoms with van der Waals surface area (Å²) in [6.07, 6.45) is 0. The second kappa shape index (κ2) is 6.77. The standard InChI is InChI=1S/C5H12N4O2S/c6-4(11)3-7-5(12)9-8-1-2-10/h8,10H,1-3H2,(H2,6,11)(H2,7,9,12). The van der Waals surface area contributed by atoms with Crippen molar-refractivity contribution in [3.8, 4) is 0 Å². The molecule has 12 heavy (non-hydrogen) atoms. The van der Waals surface area contributed by atoms with Gasteiger partial charge in [-0.25, -0.2) is 5.43 Å². The molecular formula is C5H12N4O2S. The van der Waals surface area contributed by atoms with Crippen molar-refractivity contribution in [3.05, 3.63) is 0 Å². The number of hydrogen-bond acceptors (Lipinski definition) is 4. The molecule has 0 aromatic carbocycles. The monoisotopic (exact) mass is 192 g/mol. The number of hydrogen-bond donors (Lipinski definition) is 5. The SMILES string of the molecule is NC(=O)CNC(=S)NNCCO. The lowest BCUT2D eigenvalue weighted by Crippen LogP contribution is -2.47. The Bertz CT molecular complexity index is 164. The van der Waals surface area contributed by atoms with Gasteiger partial charge >= 0.3 is 0 Å². The fourth-order valence-corrected chi connectivity index (χ4v) is 0.555. The molecule has 0 bridgehead atoms. The molecule has 7 heteroatoms. The number of nitrogens with two attached hydrogens (primary N) is 1. The van der Waals surface area contributed by atoms with E-state index in [-0.39, 0.29) is 18.3 Å². The topological polar surface area (TPSA) is 99.4 Å². The highest BCUT2D eigenvalue weighted by Gasteiger charge is 1.95. The van der Waals surface area contributed by atoms with Crippen LogP contribution in [0.3, 0.4) is 0 Å². The number of rotatable bonds is 5. The first-order valence-electron chi connectivity index (χ1n) is 3.32. The smallest absolute Gasteiger partial charge is 0.236 e. The van der Waals surface area contributed by atoms with Crippen molar-refractivity contribution in [3.63, 3.8) is 0 Å². The maximum atomic E-state index is 10.2. The van der Waals surface area contributed by atoms with Gasteiger partial charge in [0.05, 0.1) is 13.2 Å². The lowest BCUT2D eigenvalue weighted by Gasteiger charge is -2.08. The maximum Gasteiger partial charge on any atom is 0.236 e. The number of amides is 1. The zero-order valence-electron chi connectivity index (χ0n) is 6.46. The molecule has 0 rings (SSSR count). The van der Waals surface area contributed by atoms with Gasteiger partial charge in [-0.05, 0) is 12.2 Å². The predicted molar refractivity (Wildman–Crippen MR) is 48.0 cm³/mol. The number of carbonyl (C=O) groups excluding carboxylic acids is 1. The van der Waals surface area contributed by atoms with Crippen molar-refractivity contribution in [2.24, 2.45) is 5.73 Å². The Morgan fingerprint density at radius 2 is 2.25 bits per heavy atom. The van der Waals surface area contributed by atoms with Gasteiger partial charge in [-0.2, -0.15) is 0 Å². The van der Waals surface area contributed by atoms with Gasteiger partial charge in [-0.3, -0.25) is 10.2 Å². The van der Waals surface area contributed by atoms with Crippen LogP contribution in [0, 0.1) is 0 Å². The minimum Gasteiger partial charge on any atom is -0.395 e. The quantitative estimate of drug-likeness (QED) is 0.187. The van der Waals surface area contributed by atoms with Crippen LogP contribution in [0.25, 0.3) is 0 Å². The van der Waals surface area contributed by atoms with Gasteiger partial charge in [0.1, 0.15) is 0 Å². The van der Waals surface area contributed by atoms with Crippen LogP contribution < -0.4 is 21.9 Å². The number of aliphatic hydroxyl groups is 1. The minimum absolute atomic E-state index is 0.00539. The summed E-state index contributed by atoms with van der Waals surface area (Å²) in [5, 5.41) is 11.2. The molecule has 0 saturated heterocycles. The Morgan fingerprint density at radius 3 is 2.75 bits per heavy atom. The summed E-state index contributed by atoms with van der Waals surface area (Å²) < 4.78 is 0. The number of nitrogens with one attached hydrogen (secondary N) is 3. The normalized spacial score (nSPS) is 9.08. The van der Waals surface area contributed by atoms with E-state index in [0.717, 1.165) is 0 Å². The van der Waals surface area contributed by atoms with Crippen molar-refractivity contribution in [1.82, 2.24) is 16.2 Å². The Balaban J connectivity index is 3.28. The van der Waals surface area contributed by atoms with E-state index >= 15 is 0 Å². The van der Waals surface area contributed by atoms with E-state index in [1.807, 2.05) is 0 Å². The summed E-state index contributed by atoms with van der Waals surface area (Å²) >= 11 is 4.71. The molecule has 0 aromatic rings. The van der Waals surface area contributed by atoms with E-state index in [0.29, 0.717) is 6.54 Å². The number of primary amides is 1. The molecule has 0 aromatic heterocycles. The summed E-state index contributed by atoms with van der Waals surface area (Å²) in [5.41, 5.74) is 9.99. The van der Waals surface area contributed by atoms with Crippen LogP contribution in [0.4, 0.5) is 0 Å². The van der Waals surface area contributed by atoms with Gasteiger partial charge in [-0.1, -0.05) is 0 Å². The number of thiocarbonyl (C=S) groups is 1. The summed E-state index contributed by atoms with van der Waals surface area (Å²) in [4.78, 5) is 10.2. The van der Waals surface area contributed by atoms with E-state index in [2.05, 4.69) is 16.2 Å². The second-order valence-electron chi connectivity index (χ2n) is 1.92. The highest BCUT2D eigenvalue weighted by molar-refractivity contribution is 7.80. The van der Waals surface area contributed by atoms with Crippen LogP contribution in [-0.4, -0.2) is 35.8 Å². The largest absolute Gasteiger partial charge is 0.395 e. The van der Waals surface area contributed by atoms with Gasteiger partial charge in [0, 0.05) is 6.54 Å². The van der Waals surface area contributed by atoms with Gasteiger partial charge in [0.25, 0.3) is 0 Å². The van der Waals surface area contributed by atoms with Gasteiger partial charge in [0.2, 0.25) is 5.91 Å². The third-order valence-electron chi connectivity index (χ3n) is 0.862. The van der Waals surface area contributed by atoms with Gasteiger partial charge in [-0.15, -0.1) is 0 Å². The maximum absolute atomic E-state index is 10.2. The van der Waals surface area contributed by atoms with Crippen LogP contribution in [0.15, 0.2) is 0 Å². The van der Waals surface area contributed by atoms with Crippen molar-refractivity contribution in [1.29, 1.82) is 0 Å². The number of carbonyl (C=O) groups is 1. The molecule has 1 amide bonds. The molecule has 0 spiro atoms. The molecule has 6 N–H and O–H groups in total. The summed E-state index contributed by atoms with van der Waals surface area (Å²) in [6, 6.07) is 0. The molecule has 0 unspecified atom stereocenters. The first-order chi connectivity index (χ1) is 5.66. The molecule has 0 aliphatic heterocycles. The van der Waals surface area contributed by atoms with Gasteiger partial charge < -0.3 is 16.2 Å². The average molecular weight is 192 g/mol. The molecular weight excluding hydrogens is 180 g/mol. The Kier molecular flexibility index (Phi) is 6.25. The first kappa shape index (κ1) is 11.1. The van der Waals surface area contributed by atoms with Crippen LogP contribution in [0.1, 0.15) is 0 Å². The van der Waals surface area contributed by atoms with Crippen molar-refractivity contribution in [2.45, 2.75) is 0 Å². The number of hydrazine groups is 1. The van der Waals surface area contributed by atoms with Crippen LogP contribution in [-0.2, 0) is 4.79 Å². The highest BCUT2D eigenvalue weighted by Crippen LogP contribution is 1.62. The lowest BCUT2D eigenvalue weighted by molar-refractivity contribution is -0.116. The zero-order chi connectivity index (χ0) is 9.40.